The number of thiazole rings is 2. The average molecular weight is 1240 g/mol. The Balaban J connectivity index is 0.000000209. The number of nitrogens with one attached hydrogen (secondary N) is 3. The molecule has 30 heteroatoms. The second kappa shape index (κ2) is 27.7. The Morgan fingerprint density at radius 1 is 0.540 bits per heavy atom. The van der Waals surface area contributed by atoms with Gasteiger partial charge >= 0.3 is 51.5 Å². The summed E-state index contributed by atoms with van der Waals surface area (Å²) in [6, 6.07) is 32.6. The van der Waals surface area contributed by atoms with Gasteiger partial charge in [-0.1, -0.05) is 103 Å². The van der Waals surface area contributed by atoms with E-state index in [4.69, 9.17) is 54.1 Å². The summed E-state index contributed by atoms with van der Waals surface area (Å²) in [6.07, 6.45) is -7.94. The Morgan fingerprint density at radius 2 is 0.954 bits per heavy atom. The number of ether oxygens (including phenoxy) is 9. The number of nitrogens with zero attached hydrogens (tertiary/aromatic N) is 3. The van der Waals surface area contributed by atoms with E-state index in [0.29, 0.717) is 16.9 Å². The molecule has 10 rings (SSSR count). The lowest BCUT2D eigenvalue weighted by molar-refractivity contribution is -0.188. The molecule has 0 bridgehead atoms. The third-order valence-corrected chi connectivity index (χ3v) is 14.6. The van der Waals surface area contributed by atoms with E-state index in [9.17, 15) is 52.7 Å². The van der Waals surface area contributed by atoms with Gasteiger partial charge in [0.05, 0.1) is 22.3 Å². The van der Waals surface area contributed by atoms with E-state index in [-0.39, 0.29) is 73.7 Å². The number of hydrogen-bond donors (Lipinski definition) is 5. The molecule has 0 spiro atoms. The van der Waals surface area contributed by atoms with Gasteiger partial charge in [-0.05, 0) is 62.4 Å². The molecule has 8 atom stereocenters. The quantitative estimate of drug-likeness (QED) is 0.0733. The Bertz CT molecular complexity index is 4060. The maximum absolute atomic E-state index is 13.2. The fourth-order valence-corrected chi connectivity index (χ4v) is 10.4. The van der Waals surface area contributed by atoms with Gasteiger partial charge in [0.1, 0.15) is 34.8 Å². The summed E-state index contributed by atoms with van der Waals surface area (Å²) in [5, 5.41) is 0. The number of H-pyrrole nitrogens is 3. The van der Waals surface area contributed by atoms with E-state index < -0.39 is 107 Å². The smallest absolute Gasteiger partial charge is 0.338 e. The van der Waals surface area contributed by atoms with Crippen molar-refractivity contribution >= 4 is 97.0 Å². The number of benzene rings is 4. The van der Waals surface area contributed by atoms with Crippen LogP contribution in [0, 0.1) is 0 Å². The molecule has 7 N–H and O–H groups in total. The topological polar surface area (TPSA) is 401 Å². The second-order valence-corrected chi connectivity index (χ2v) is 20.9. The molecule has 8 aromatic rings. The van der Waals surface area contributed by atoms with Crippen LogP contribution < -0.4 is 32.3 Å². The van der Waals surface area contributed by atoms with Crippen molar-refractivity contribution in [3.05, 3.63) is 184 Å². The zero-order valence-electron chi connectivity index (χ0n) is 45.9. The van der Waals surface area contributed by atoms with E-state index in [0.717, 1.165) is 29.8 Å². The van der Waals surface area contributed by atoms with E-state index in [1.807, 2.05) is 0 Å². The first-order chi connectivity index (χ1) is 40.9. The molecule has 2 fully saturated rings. The number of carbonyl (C=O) groups is 7. The maximum Gasteiger partial charge on any atom is 0.338 e. The van der Waals surface area contributed by atoms with Crippen LogP contribution in [0.2, 0.25) is 0 Å². The van der Waals surface area contributed by atoms with Crippen LogP contribution in [0.15, 0.2) is 141 Å². The van der Waals surface area contributed by atoms with E-state index >= 15 is 0 Å². The standard InChI is InChI=1S/C27H24N4O9S.C24H24O9.C5H4N4O2S.CH4/c1-14(32)40-27(2)17(13-37-23(34)15-9-5-3-6-10-15)38-22(19(27)39-24(35)16-11-7-4-8-12-16)31-20-18(41-26(31)36)21(33)30-25(28)29-20;1-15(25)30-23-20(32-22(28)18-12-8-5-9-13-18)24(3,33-16(2)26)19(31-23)14-29-21(27)17-10-6-4-7-11-17;6-4-7-2-1(3(10)9-4)12-5(11)8-2;/h3-12,17,19,22H,13H2,1-2H3,(H3,28,29,30,33);4-13,19-20,23H,14H2,1-3H3;(H4,6,7,8,9,10,11);1H4/t17-,19+,22-,27-;19-,20+,23?,24-;;/m11../s1. The monoisotopic (exact) mass is 1240 g/mol. The first kappa shape index (κ1) is 64.4. The van der Waals surface area contributed by atoms with Crippen molar-refractivity contribution in [3.8, 4) is 0 Å². The predicted molar refractivity (Wildman–Crippen MR) is 310 cm³/mol. The molecule has 0 amide bonds. The number of nitrogens with two attached hydrogens (primary N) is 2. The summed E-state index contributed by atoms with van der Waals surface area (Å²) in [7, 11) is 0. The molecule has 2 aliphatic rings. The van der Waals surface area contributed by atoms with Crippen LogP contribution in [0.3, 0.4) is 0 Å². The van der Waals surface area contributed by atoms with Crippen LogP contribution in [-0.4, -0.2) is 126 Å². The highest BCUT2D eigenvalue weighted by Gasteiger charge is 2.62. The number of fused-ring (bicyclic) bond motifs is 2. The zero-order valence-corrected chi connectivity index (χ0v) is 47.5. The molecular formula is C57H56N8O20S2. The maximum atomic E-state index is 13.2. The van der Waals surface area contributed by atoms with Gasteiger partial charge in [-0.25, -0.2) is 19.2 Å². The molecular weight excluding hydrogens is 1180 g/mol. The molecule has 2 saturated heterocycles. The van der Waals surface area contributed by atoms with Gasteiger partial charge < -0.3 is 54.1 Å². The van der Waals surface area contributed by atoms with Crippen molar-refractivity contribution in [1.29, 1.82) is 0 Å². The van der Waals surface area contributed by atoms with Crippen LogP contribution >= 0.6 is 22.7 Å². The number of hydrogen-bond acceptors (Lipinski definition) is 26. The molecule has 0 aliphatic carbocycles. The SMILES string of the molecule is C.CC(=O)OC1O[C@H](COC(=O)c2ccccc2)[C@@](C)(OC(C)=O)[C@H]1OC(=O)c1ccccc1.CC(=O)O[C@]1(C)[C@@H](COC(=O)c2ccccc2)O[C@@H](n2c(=O)sc3c(=O)[nH]c(N)nc32)[C@@H]1OC(=O)c1ccccc1.Nc1nc2[nH]c(=O)sc2c(=O)[nH]1. The predicted octanol–water partition coefficient (Wildman–Crippen LogP) is 4.60. The molecule has 0 saturated carbocycles. The number of carbonyl (C=O) groups excluding carboxylic acids is 7. The Labute approximate surface area is 499 Å². The number of rotatable bonds is 14. The minimum atomic E-state index is -1.77. The number of anilines is 2. The molecule has 28 nitrogen and oxygen atoms in total. The highest BCUT2D eigenvalue weighted by Crippen LogP contribution is 2.44. The third kappa shape index (κ3) is 15.0. The van der Waals surface area contributed by atoms with Crippen molar-refractivity contribution in [1.82, 2.24) is 29.5 Å². The molecule has 6 heterocycles. The zero-order chi connectivity index (χ0) is 62.0. The molecule has 87 heavy (non-hydrogen) atoms. The van der Waals surface area contributed by atoms with Crippen LogP contribution in [-0.2, 0) is 57.0 Å². The number of aromatic amines is 3. The minimum Gasteiger partial charge on any atom is -0.459 e. The first-order valence-corrected chi connectivity index (χ1v) is 27.2. The second-order valence-electron chi connectivity index (χ2n) is 19.0. The highest BCUT2D eigenvalue weighted by atomic mass is 32.1. The Morgan fingerprint density at radius 3 is 1.41 bits per heavy atom. The van der Waals surface area contributed by atoms with Gasteiger partial charge in [0.2, 0.25) is 24.3 Å². The Kier molecular flexibility index (Phi) is 20.5. The average Bonchev–Trinajstić information content (AvgIpc) is 1.61. The lowest BCUT2D eigenvalue weighted by Crippen LogP contribution is -2.52. The van der Waals surface area contributed by atoms with Crippen LogP contribution in [0.4, 0.5) is 11.9 Å². The summed E-state index contributed by atoms with van der Waals surface area (Å²) >= 11 is 1.40. The molecule has 2 aliphatic heterocycles. The van der Waals surface area contributed by atoms with Crippen LogP contribution in [0.25, 0.3) is 20.7 Å². The summed E-state index contributed by atoms with van der Waals surface area (Å²) in [5.41, 5.74) is 7.68. The fourth-order valence-electron chi connectivity index (χ4n) is 8.91. The number of aromatic nitrogens is 6. The summed E-state index contributed by atoms with van der Waals surface area (Å²) in [6.45, 7) is 5.58. The lowest BCUT2D eigenvalue weighted by atomic mass is 9.93. The molecule has 0 radical (unpaired) electrons. The van der Waals surface area contributed by atoms with Gasteiger partial charge in [0, 0.05) is 20.8 Å². The minimum absolute atomic E-state index is 0. The van der Waals surface area contributed by atoms with E-state index in [1.165, 1.54) is 32.9 Å². The van der Waals surface area contributed by atoms with Crippen molar-refractivity contribution in [2.24, 2.45) is 0 Å². The molecule has 456 valence electrons. The first-order valence-electron chi connectivity index (χ1n) is 25.6. The number of esters is 7. The van der Waals surface area contributed by atoms with Crippen molar-refractivity contribution < 1.29 is 76.2 Å². The van der Waals surface area contributed by atoms with Crippen LogP contribution in [0.5, 0.6) is 0 Å². The summed E-state index contributed by atoms with van der Waals surface area (Å²) in [4.78, 5) is 148. The van der Waals surface area contributed by atoms with Gasteiger partial charge in [0.15, 0.2) is 34.8 Å². The largest absolute Gasteiger partial charge is 0.459 e. The molecule has 1 unspecified atom stereocenters. The highest BCUT2D eigenvalue weighted by molar-refractivity contribution is 7.16. The van der Waals surface area contributed by atoms with E-state index in [1.54, 1.807) is 109 Å². The van der Waals surface area contributed by atoms with Crippen molar-refractivity contribution in [3.63, 3.8) is 0 Å². The summed E-state index contributed by atoms with van der Waals surface area (Å²) in [5.74, 6) is -5.25. The van der Waals surface area contributed by atoms with Gasteiger partial charge in [-0.15, -0.1) is 0 Å². The van der Waals surface area contributed by atoms with E-state index in [2.05, 4.69) is 24.9 Å². The van der Waals surface area contributed by atoms with Crippen LogP contribution in [0.1, 0.15) is 89.7 Å². The Hall–Kier alpha value is -10.2. The van der Waals surface area contributed by atoms with Crippen molar-refractivity contribution in [2.75, 3.05) is 24.7 Å². The number of nitrogen functional groups attached to an aromatic ring is 2. The van der Waals surface area contributed by atoms with Crippen molar-refractivity contribution in [2.45, 2.75) is 90.2 Å². The fraction of sp³-hybridized carbons (Fsp3) is 0.281. The molecule has 4 aromatic carbocycles. The molecule has 4 aromatic heterocycles. The summed E-state index contributed by atoms with van der Waals surface area (Å²) < 4.78 is 51.8. The van der Waals surface area contributed by atoms with Gasteiger partial charge in [0.25, 0.3) is 11.1 Å². The normalized spacial score (nSPS) is 20.8. The van der Waals surface area contributed by atoms with Gasteiger partial charge in [-0.2, -0.15) is 9.97 Å². The lowest BCUT2D eigenvalue weighted by Gasteiger charge is -2.33. The third-order valence-electron chi connectivity index (χ3n) is 12.8. The van der Waals surface area contributed by atoms with Gasteiger partial charge in [-0.3, -0.25) is 53.1 Å².